The zero-order valence-corrected chi connectivity index (χ0v) is 20.5. The Bertz CT molecular complexity index is 1470. The lowest BCUT2D eigenvalue weighted by Crippen LogP contribution is -2.53. The number of phenols is 5. The van der Waals surface area contributed by atoms with E-state index in [0.29, 0.717) is 0 Å². The second-order valence-corrected chi connectivity index (χ2v) is 8.71. The number of rotatable bonds is 6. The van der Waals surface area contributed by atoms with Gasteiger partial charge in [0, 0.05) is 38.0 Å². The van der Waals surface area contributed by atoms with Crippen LogP contribution in [0.15, 0.2) is 33.5 Å². The van der Waals surface area contributed by atoms with Gasteiger partial charge < -0.3 is 54.0 Å². The normalized spacial score (nSPS) is 20.9. The molecule has 208 valence electrons. The molecule has 4 atom stereocenters. The first kappa shape index (κ1) is 27.3. The number of ether oxygens (including phenoxy) is 4. The molecule has 3 aromatic rings. The molecule has 0 amide bonds. The summed E-state index contributed by atoms with van der Waals surface area (Å²) < 4.78 is 27.2. The summed E-state index contributed by atoms with van der Waals surface area (Å²) in [5, 5.41) is 60.4. The van der Waals surface area contributed by atoms with Crippen molar-refractivity contribution in [3.63, 3.8) is 0 Å². The van der Waals surface area contributed by atoms with E-state index in [4.69, 9.17) is 23.4 Å². The van der Waals surface area contributed by atoms with Gasteiger partial charge in [0.15, 0.2) is 29.1 Å². The number of hydrogen-bond acceptors (Lipinski definition) is 14. The predicted molar refractivity (Wildman–Crippen MR) is 128 cm³/mol. The van der Waals surface area contributed by atoms with Gasteiger partial charge in [0.2, 0.25) is 17.5 Å². The number of carbonyl (C=O) groups excluding carboxylic acids is 2. The first-order valence-electron chi connectivity index (χ1n) is 11.4. The van der Waals surface area contributed by atoms with Crippen molar-refractivity contribution in [3.05, 3.63) is 34.5 Å². The average Bonchev–Trinajstić information content (AvgIpc) is 2.84. The Kier molecular flexibility index (Phi) is 7.42. The van der Waals surface area contributed by atoms with Crippen molar-refractivity contribution in [1.82, 2.24) is 0 Å². The molecular formula is C25H24O14. The van der Waals surface area contributed by atoms with Crippen LogP contribution in [0.4, 0.5) is 0 Å². The minimum atomic E-state index is -1.72. The molecule has 14 nitrogen and oxygen atoms in total. The highest BCUT2D eigenvalue weighted by Gasteiger charge is 2.42. The standard InChI is InChI=1S/C25H24O14/c1-9(26)35-8-13-7-18(36-10(2)27)21(33)25(37-13)39-24-22(34)19-14(29)5-12(28)6-17(19)38-23(24)11-3-15(30)20(32)16(31)4-11/h3-6,13,18,21,25,28-33H,7-8H2,1-2H3/t13-,18-,21+,25-/m0/s1. The average molecular weight is 548 g/mol. The fourth-order valence-corrected chi connectivity index (χ4v) is 4.06. The van der Waals surface area contributed by atoms with E-state index in [1.54, 1.807) is 0 Å². The zero-order valence-electron chi connectivity index (χ0n) is 20.5. The molecule has 2 aromatic carbocycles. The van der Waals surface area contributed by atoms with Gasteiger partial charge in [-0.15, -0.1) is 0 Å². The van der Waals surface area contributed by atoms with Gasteiger partial charge in [0.25, 0.3) is 0 Å². The molecule has 0 bridgehead atoms. The van der Waals surface area contributed by atoms with Crippen LogP contribution in [0, 0.1) is 0 Å². The van der Waals surface area contributed by atoms with E-state index in [9.17, 15) is 45.0 Å². The first-order chi connectivity index (χ1) is 18.3. The molecule has 1 saturated heterocycles. The van der Waals surface area contributed by atoms with Crippen LogP contribution >= 0.6 is 0 Å². The van der Waals surface area contributed by atoms with E-state index < -0.39 is 87.6 Å². The lowest BCUT2D eigenvalue weighted by atomic mass is 10.0. The smallest absolute Gasteiger partial charge is 0.303 e. The SMILES string of the molecule is CC(=O)OC[C@@H]1C[C@H](OC(C)=O)[C@@H](O)[C@H](Oc2c(-c3cc(O)c(O)c(O)c3)oc3cc(O)cc(O)c3c2=O)O1. The number of aliphatic hydroxyl groups is 1. The quantitative estimate of drug-likeness (QED) is 0.189. The maximum absolute atomic E-state index is 13.5. The third-order valence-electron chi connectivity index (χ3n) is 5.75. The third kappa shape index (κ3) is 5.61. The van der Waals surface area contributed by atoms with Gasteiger partial charge in [0.1, 0.15) is 35.2 Å². The fourth-order valence-electron chi connectivity index (χ4n) is 4.06. The number of aliphatic hydroxyl groups excluding tert-OH is 1. The molecule has 14 heteroatoms. The predicted octanol–water partition coefficient (Wildman–Crippen LogP) is 1.34. The Hall–Kier alpha value is -4.69. The second-order valence-electron chi connectivity index (χ2n) is 8.71. The molecule has 1 aliphatic heterocycles. The molecule has 6 N–H and O–H groups in total. The van der Waals surface area contributed by atoms with Crippen LogP contribution in [0.5, 0.6) is 34.5 Å². The lowest BCUT2D eigenvalue weighted by molar-refractivity contribution is -0.247. The summed E-state index contributed by atoms with van der Waals surface area (Å²) in [4.78, 5) is 36.4. The van der Waals surface area contributed by atoms with Crippen molar-refractivity contribution in [2.45, 2.75) is 44.9 Å². The van der Waals surface area contributed by atoms with Crippen molar-refractivity contribution in [1.29, 1.82) is 0 Å². The second kappa shape index (κ2) is 10.6. The summed E-state index contributed by atoms with van der Waals surface area (Å²) in [5.74, 6) is -6.10. The molecule has 0 spiro atoms. The van der Waals surface area contributed by atoms with Crippen molar-refractivity contribution < 1.29 is 63.6 Å². The van der Waals surface area contributed by atoms with E-state index in [0.717, 1.165) is 38.1 Å². The number of benzene rings is 2. The Morgan fingerprint density at radius 1 is 0.974 bits per heavy atom. The molecule has 1 aliphatic rings. The van der Waals surface area contributed by atoms with Crippen molar-refractivity contribution in [2.24, 2.45) is 0 Å². The molecule has 1 aromatic heterocycles. The van der Waals surface area contributed by atoms with Crippen LogP contribution in [0.1, 0.15) is 20.3 Å². The number of aromatic hydroxyl groups is 5. The molecule has 0 aliphatic carbocycles. The molecule has 0 unspecified atom stereocenters. The number of phenolic OH excluding ortho intramolecular Hbond substituents is 5. The summed E-state index contributed by atoms with van der Waals surface area (Å²) >= 11 is 0. The summed E-state index contributed by atoms with van der Waals surface area (Å²) in [6.45, 7) is 1.96. The van der Waals surface area contributed by atoms with Gasteiger partial charge in [-0.3, -0.25) is 14.4 Å². The Balaban J connectivity index is 1.86. The summed E-state index contributed by atoms with van der Waals surface area (Å²) in [6, 6.07) is 3.75. The van der Waals surface area contributed by atoms with E-state index in [2.05, 4.69) is 0 Å². The topological polar surface area (TPSA) is 223 Å². The van der Waals surface area contributed by atoms with Crippen molar-refractivity contribution in [3.8, 4) is 45.8 Å². The molecule has 4 rings (SSSR count). The summed E-state index contributed by atoms with van der Waals surface area (Å²) in [6.07, 6.45) is -5.63. The molecular weight excluding hydrogens is 524 g/mol. The highest BCUT2D eigenvalue weighted by atomic mass is 16.7. The minimum absolute atomic E-state index is 0.0904. The fraction of sp³-hybridized carbons (Fsp3) is 0.320. The van der Waals surface area contributed by atoms with Crippen molar-refractivity contribution in [2.75, 3.05) is 6.61 Å². The van der Waals surface area contributed by atoms with Gasteiger partial charge in [0.05, 0.1) is 6.10 Å². The Morgan fingerprint density at radius 3 is 2.26 bits per heavy atom. The first-order valence-corrected chi connectivity index (χ1v) is 11.4. The van der Waals surface area contributed by atoms with Crippen LogP contribution in [0.3, 0.4) is 0 Å². The molecule has 0 saturated carbocycles. The monoisotopic (exact) mass is 548 g/mol. The van der Waals surface area contributed by atoms with Gasteiger partial charge >= 0.3 is 11.9 Å². The van der Waals surface area contributed by atoms with Gasteiger partial charge in [-0.05, 0) is 12.1 Å². The van der Waals surface area contributed by atoms with E-state index in [1.165, 1.54) is 0 Å². The Labute approximate surface area is 218 Å². The van der Waals surface area contributed by atoms with E-state index in [-0.39, 0.29) is 24.2 Å². The molecule has 1 fully saturated rings. The van der Waals surface area contributed by atoms with Gasteiger partial charge in [-0.2, -0.15) is 0 Å². The van der Waals surface area contributed by atoms with Gasteiger partial charge in [-0.1, -0.05) is 0 Å². The van der Waals surface area contributed by atoms with Crippen LogP contribution in [-0.2, 0) is 23.8 Å². The number of carbonyl (C=O) groups is 2. The Morgan fingerprint density at radius 2 is 1.64 bits per heavy atom. The minimum Gasteiger partial charge on any atom is -0.508 e. The molecule has 2 heterocycles. The van der Waals surface area contributed by atoms with Crippen LogP contribution in [0.25, 0.3) is 22.3 Å². The third-order valence-corrected chi connectivity index (χ3v) is 5.75. The molecule has 0 radical (unpaired) electrons. The number of esters is 2. The number of hydrogen-bond donors (Lipinski definition) is 6. The highest BCUT2D eigenvalue weighted by Crippen LogP contribution is 2.43. The zero-order chi connectivity index (χ0) is 28.6. The van der Waals surface area contributed by atoms with Crippen molar-refractivity contribution >= 4 is 22.9 Å². The van der Waals surface area contributed by atoms with Crippen LogP contribution in [0.2, 0.25) is 0 Å². The lowest BCUT2D eigenvalue weighted by Gasteiger charge is -2.38. The molecule has 39 heavy (non-hydrogen) atoms. The maximum Gasteiger partial charge on any atom is 0.303 e. The van der Waals surface area contributed by atoms with Crippen LogP contribution in [-0.4, -0.2) is 73.8 Å². The van der Waals surface area contributed by atoms with Crippen LogP contribution < -0.4 is 10.2 Å². The van der Waals surface area contributed by atoms with E-state index in [1.807, 2.05) is 0 Å². The summed E-state index contributed by atoms with van der Waals surface area (Å²) in [7, 11) is 0. The van der Waals surface area contributed by atoms with Gasteiger partial charge in [-0.25, -0.2) is 0 Å². The maximum atomic E-state index is 13.5. The summed E-state index contributed by atoms with van der Waals surface area (Å²) in [5.41, 5.74) is -1.53. The van der Waals surface area contributed by atoms with E-state index >= 15 is 0 Å². The highest BCUT2D eigenvalue weighted by molar-refractivity contribution is 5.88. The largest absolute Gasteiger partial charge is 0.508 e. The number of fused-ring (bicyclic) bond motifs is 1.